The van der Waals surface area contributed by atoms with E-state index >= 15 is 0 Å². The van der Waals surface area contributed by atoms with E-state index in [1.54, 1.807) is 12.1 Å². The molecule has 25 heavy (non-hydrogen) atoms. The number of benzene rings is 2. The molecule has 2 aromatic heterocycles. The van der Waals surface area contributed by atoms with Crippen molar-refractivity contribution >= 4 is 28.6 Å². The van der Waals surface area contributed by atoms with E-state index in [4.69, 9.17) is 5.73 Å². The first-order valence-electron chi connectivity index (χ1n) is 7.50. The summed E-state index contributed by atoms with van der Waals surface area (Å²) in [4.78, 5) is 12.8. The van der Waals surface area contributed by atoms with Crippen molar-refractivity contribution in [3.8, 4) is 5.82 Å². The SMILES string of the molecule is Nc1nc(SCc2ccc(F)cc2)nn1-c1ncnc2ccccc12. The van der Waals surface area contributed by atoms with Crippen molar-refractivity contribution in [1.82, 2.24) is 24.7 Å². The molecule has 0 saturated carbocycles. The van der Waals surface area contributed by atoms with Gasteiger partial charge in [0.25, 0.3) is 0 Å². The highest BCUT2D eigenvalue weighted by molar-refractivity contribution is 7.98. The predicted molar refractivity (Wildman–Crippen MR) is 94.8 cm³/mol. The third kappa shape index (κ3) is 3.16. The Hall–Kier alpha value is -3.00. The fourth-order valence-corrected chi connectivity index (χ4v) is 3.20. The average Bonchev–Trinajstić information content (AvgIpc) is 3.01. The molecule has 4 rings (SSSR count). The van der Waals surface area contributed by atoms with Crippen LogP contribution in [0, 0.1) is 5.82 Å². The molecule has 2 N–H and O–H groups in total. The highest BCUT2D eigenvalue weighted by Gasteiger charge is 2.13. The lowest BCUT2D eigenvalue weighted by Gasteiger charge is -2.04. The van der Waals surface area contributed by atoms with Crippen molar-refractivity contribution in [2.24, 2.45) is 0 Å². The molecule has 0 aliphatic heterocycles. The van der Waals surface area contributed by atoms with Crippen molar-refractivity contribution < 1.29 is 4.39 Å². The van der Waals surface area contributed by atoms with E-state index in [9.17, 15) is 4.39 Å². The van der Waals surface area contributed by atoms with Gasteiger partial charge in [-0.1, -0.05) is 36.0 Å². The van der Waals surface area contributed by atoms with E-state index in [1.165, 1.54) is 34.9 Å². The van der Waals surface area contributed by atoms with Crippen LogP contribution >= 0.6 is 11.8 Å². The van der Waals surface area contributed by atoms with Gasteiger partial charge in [0, 0.05) is 11.1 Å². The number of nitrogens with two attached hydrogens (primary N) is 1. The van der Waals surface area contributed by atoms with Crippen LogP contribution in [0.2, 0.25) is 0 Å². The van der Waals surface area contributed by atoms with Crippen molar-refractivity contribution in [1.29, 1.82) is 0 Å². The standard InChI is InChI=1S/C17H13FN6S/c18-12-7-5-11(6-8-12)9-25-17-22-16(19)24(23-17)15-13-3-1-2-4-14(13)20-10-21-15/h1-8,10H,9H2,(H2,19,22,23). The fourth-order valence-electron chi connectivity index (χ4n) is 2.41. The minimum Gasteiger partial charge on any atom is -0.368 e. The molecule has 0 aliphatic carbocycles. The number of nitrogen functional groups attached to an aromatic ring is 1. The maximum atomic E-state index is 13.0. The molecule has 0 aliphatic rings. The number of anilines is 1. The van der Waals surface area contributed by atoms with Gasteiger partial charge in [0.2, 0.25) is 11.1 Å². The molecule has 0 atom stereocenters. The predicted octanol–water partition coefficient (Wildman–Crippen LogP) is 3.22. The maximum absolute atomic E-state index is 13.0. The number of aromatic nitrogens is 5. The van der Waals surface area contributed by atoms with Crippen LogP contribution in [0.4, 0.5) is 10.3 Å². The molecule has 0 bridgehead atoms. The molecule has 2 heterocycles. The van der Waals surface area contributed by atoms with Gasteiger partial charge in [0.1, 0.15) is 12.1 Å². The summed E-state index contributed by atoms with van der Waals surface area (Å²) in [5.74, 6) is 1.21. The number of para-hydroxylation sites is 1. The van der Waals surface area contributed by atoms with E-state index in [-0.39, 0.29) is 11.8 Å². The van der Waals surface area contributed by atoms with Gasteiger partial charge < -0.3 is 5.73 Å². The molecule has 4 aromatic rings. The molecular weight excluding hydrogens is 339 g/mol. The van der Waals surface area contributed by atoms with Gasteiger partial charge in [0.15, 0.2) is 5.82 Å². The van der Waals surface area contributed by atoms with E-state index in [0.717, 1.165) is 16.5 Å². The molecule has 0 radical (unpaired) electrons. The van der Waals surface area contributed by atoms with Gasteiger partial charge in [-0.25, -0.2) is 14.4 Å². The number of hydrogen-bond acceptors (Lipinski definition) is 6. The van der Waals surface area contributed by atoms with Gasteiger partial charge in [-0.3, -0.25) is 0 Å². The summed E-state index contributed by atoms with van der Waals surface area (Å²) in [5, 5.41) is 5.82. The minimum atomic E-state index is -0.254. The topological polar surface area (TPSA) is 82.5 Å². The van der Waals surface area contributed by atoms with Gasteiger partial charge in [0.05, 0.1) is 5.52 Å². The first-order valence-corrected chi connectivity index (χ1v) is 8.49. The zero-order valence-corrected chi connectivity index (χ0v) is 13.8. The van der Waals surface area contributed by atoms with Crippen molar-refractivity contribution in [3.05, 3.63) is 66.2 Å². The number of thioether (sulfide) groups is 1. The quantitative estimate of drug-likeness (QED) is 0.568. The molecule has 124 valence electrons. The first-order chi connectivity index (χ1) is 12.2. The van der Waals surface area contributed by atoms with Crippen LogP contribution in [-0.2, 0) is 5.75 Å². The highest BCUT2D eigenvalue weighted by Crippen LogP contribution is 2.24. The summed E-state index contributed by atoms with van der Waals surface area (Å²) in [6.07, 6.45) is 1.48. The fraction of sp³-hybridized carbons (Fsp3) is 0.0588. The van der Waals surface area contributed by atoms with Gasteiger partial charge in [-0.2, -0.15) is 9.67 Å². The van der Waals surface area contributed by atoms with Crippen molar-refractivity contribution in [2.45, 2.75) is 10.9 Å². The molecule has 0 amide bonds. The Morgan fingerprint density at radius 2 is 1.84 bits per heavy atom. The number of nitrogens with zero attached hydrogens (tertiary/aromatic N) is 5. The number of rotatable bonds is 4. The molecule has 0 saturated heterocycles. The summed E-state index contributed by atoms with van der Waals surface area (Å²) < 4.78 is 14.5. The highest BCUT2D eigenvalue weighted by atomic mass is 32.2. The largest absolute Gasteiger partial charge is 0.368 e. The normalized spacial score (nSPS) is 11.1. The summed E-state index contributed by atoms with van der Waals surface area (Å²) in [6.45, 7) is 0. The Morgan fingerprint density at radius 3 is 2.68 bits per heavy atom. The first kappa shape index (κ1) is 15.5. The minimum absolute atomic E-state index is 0.254. The molecule has 2 aromatic carbocycles. The van der Waals surface area contributed by atoms with Crippen LogP contribution in [0.25, 0.3) is 16.7 Å². The molecule has 6 nitrogen and oxygen atoms in total. The summed E-state index contributed by atoms with van der Waals surface area (Å²) in [5.41, 5.74) is 7.81. The Kier molecular flexibility index (Phi) is 4.02. The Morgan fingerprint density at radius 1 is 1.04 bits per heavy atom. The molecule has 0 spiro atoms. The van der Waals surface area contributed by atoms with Gasteiger partial charge in [-0.15, -0.1) is 5.10 Å². The second-order valence-corrected chi connectivity index (χ2v) is 6.24. The number of hydrogen-bond donors (Lipinski definition) is 1. The molecule has 0 unspecified atom stereocenters. The molecular formula is C17H13FN6S. The summed E-state index contributed by atoms with van der Waals surface area (Å²) in [7, 11) is 0. The van der Waals surface area contributed by atoms with Crippen LogP contribution in [0.1, 0.15) is 5.56 Å². The zero-order chi connectivity index (χ0) is 17.2. The second kappa shape index (κ2) is 6.48. The smallest absolute Gasteiger partial charge is 0.225 e. The Balaban J connectivity index is 1.62. The third-order valence-corrected chi connectivity index (χ3v) is 4.53. The second-order valence-electron chi connectivity index (χ2n) is 5.29. The van der Waals surface area contributed by atoms with Gasteiger partial charge in [-0.05, 0) is 29.8 Å². The lowest BCUT2D eigenvalue weighted by atomic mass is 10.2. The van der Waals surface area contributed by atoms with Crippen LogP contribution < -0.4 is 5.73 Å². The number of fused-ring (bicyclic) bond motifs is 1. The van der Waals surface area contributed by atoms with E-state index in [2.05, 4.69) is 20.1 Å². The number of halogens is 1. The maximum Gasteiger partial charge on any atom is 0.225 e. The van der Waals surface area contributed by atoms with Crippen molar-refractivity contribution in [3.63, 3.8) is 0 Å². The van der Waals surface area contributed by atoms with Crippen LogP contribution in [0.3, 0.4) is 0 Å². The van der Waals surface area contributed by atoms with Crippen molar-refractivity contribution in [2.75, 3.05) is 5.73 Å². The summed E-state index contributed by atoms with van der Waals surface area (Å²) in [6, 6.07) is 14.0. The zero-order valence-electron chi connectivity index (χ0n) is 13.0. The molecule has 8 heteroatoms. The van der Waals surface area contributed by atoms with Crippen LogP contribution in [0.5, 0.6) is 0 Å². The molecule has 0 fully saturated rings. The monoisotopic (exact) mass is 352 g/mol. The third-order valence-electron chi connectivity index (χ3n) is 3.62. The van der Waals surface area contributed by atoms with E-state index in [0.29, 0.717) is 16.7 Å². The Bertz CT molecular complexity index is 1030. The van der Waals surface area contributed by atoms with E-state index in [1.807, 2.05) is 24.3 Å². The van der Waals surface area contributed by atoms with Crippen LogP contribution in [-0.4, -0.2) is 24.7 Å². The summed E-state index contributed by atoms with van der Waals surface area (Å²) >= 11 is 1.43. The Labute approximate surface area is 146 Å². The average molecular weight is 352 g/mol. The van der Waals surface area contributed by atoms with Crippen LogP contribution in [0.15, 0.2) is 60.0 Å². The lowest BCUT2D eigenvalue weighted by Crippen LogP contribution is -2.05. The van der Waals surface area contributed by atoms with E-state index < -0.39 is 0 Å². The lowest BCUT2D eigenvalue weighted by molar-refractivity contribution is 0.627. The van der Waals surface area contributed by atoms with Gasteiger partial charge >= 0.3 is 0 Å².